The topological polar surface area (TPSA) is 92.7 Å². The molecule has 0 fully saturated rings. The molecule has 3 aromatic heterocycles. The number of carbonyl (C=O) groups excluding carboxylic acids is 1. The van der Waals surface area contributed by atoms with Gasteiger partial charge in [0.2, 0.25) is 0 Å². The van der Waals surface area contributed by atoms with E-state index in [4.69, 9.17) is 0 Å². The molecule has 0 spiro atoms. The third-order valence-electron chi connectivity index (χ3n) is 5.32. The molecular formula is C24H24N6OS. The van der Waals surface area contributed by atoms with Crippen LogP contribution in [0.1, 0.15) is 34.5 Å². The summed E-state index contributed by atoms with van der Waals surface area (Å²) in [7, 11) is 1.63. The standard InChI is InChI=1S/C24H24N6OS/c1-14(17-5-4-6-18-19(23(31)25-3)9-10-26-22(17)18)12-28-21-11-20(29-24(32)30-21)16-8-7-15(2)27-13-16/h4-11,13-14H,12H2,1-3H3,(H,25,31)(H2,28,29,30,32)/t14-/m1/s1. The predicted molar refractivity (Wildman–Crippen MR) is 129 cm³/mol. The normalized spacial score (nSPS) is 11.9. The molecule has 4 rings (SSSR count). The molecule has 3 heterocycles. The second-order valence-electron chi connectivity index (χ2n) is 7.59. The largest absolute Gasteiger partial charge is 0.369 e. The summed E-state index contributed by atoms with van der Waals surface area (Å²) in [4.78, 5) is 30.0. The van der Waals surface area contributed by atoms with E-state index in [0.717, 1.165) is 33.4 Å². The van der Waals surface area contributed by atoms with Gasteiger partial charge in [0.15, 0.2) is 5.16 Å². The summed E-state index contributed by atoms with van der Waals surface area (Å²) in [5.41, 5.74) is 5.12. The van der Waals surface area contributed by atoms with Crippen LogP contribution in [-0.4, -0.2) is 39.4 Å². The van der Waals surface area contributed by atoms with Crippen LogP contribution in [-0.2, 0) is 0 Å². The van der Waals surface area contributed by atoms with E-state index in [-0.39, 0.29) is 11.8 Å². The van der Waals surface area contributed by atoms with Crippen molar-refractivity contribution in [2.75, 3.05) is 18.9 Å². The highest BCUT2D eigenvalue weighted by atomic mass is 32.1. The van der Waals surface area contributed by atoms with E-state index >= 15 is 0 Å². The van der Waals surface area contributed by atoms with Crippen molar-refractivity contribution in [3.63, 3.8) is 0 Å². The number of aromatic nitrogens is 4. The summed E-state index contributed by atoms with van der Waals surface area (Å²) < 4.78 is 0. The van der Waals surface area contributed by atoms with Crippen LogP contribution in [0.2, 0.25) is 0 Å². The van der Waals surface area contributed by atoms with Crippen LogP contribution in [0.4, 0.5) is 5.82 Å². The van der Waals surface area contributed by atoms with Crippen molar-refractivity contribution >= 4 is 35.3 Å². The molecule has 1 amide bonds. The van der Waals surface area contributed by atoms with Crippen LogP contribution >= 0.6 is 12.6 Å². The molecule has 7 nitrogen and oxygen atoms in total. The van der Waals surface area contributed by atoms with Gasteiger partial charge in [-0.25, -0.2) is 9.97 Å². The van der Waals surface area contributed by atoms with Crippen molar-refractivity contribution in [3.05, 3.63) is 71.7 Å². The Bertz CT molecular complexity index is 1280. The zero-order valence-electron chi connectivity index (χ0n) is 18.1. The maximum Gasteiger partial charge on any atom is 0.251 e. The summed E-state index contributed by atoms with van der Waals surface area (Å²) in [6.45, 7) is 4.69. The molecule has 162 valence electrons. The predicted octanol–water partition coefficient (Wildman–Crippen LogP) is 4.26. The number of thiol groups is 1. The Balaban J connectivity index is 1.58. The number of fused-ring (bicyclic) bond motifs is 1. The minimum atomic E-state index is -0.124. The summed E-state index contributed by atoms with van der Waals surface area (Å²) in [5.74, 6) is 0.682. The van der Waals surface area contributed by atoms with Crippen molar-refractivity contribution in [1.29, 1.82) is 0 Å². The van der Waals surface area contributed by atoms with Crippen LogP contribution in [0.15, 0.2) is 60.0 Å². The van der Waals surface area contributed by atoms with E-state index in [1.54, 1.807) is 25.5 Å². The fourth-order valence-electron chi connectivity index (χ4n) is 3.59. The lowest BCUT2D eigenvalue weighted by molar-refractivity contribution is 0.0964. The number of pyridine rings is 2. The molecular weight excluding hydrogens is 420 g/mol. The first-order chi connectivity index (χ1) is 15.5. The maximum absolute atomic E-state index is 12.2. The summed E-state index contributed by atoms with van der Waals surface area (Å²) in [5, 5.41) is 7.31. The number of hydrogen-bond acceptors (Lipinski definition) is 7. The molecule has 1 atom stereocenters. The molecule has 0 bridgehead atoms. The van der Waals surface area contributed by atoms with Gasteiger partial charge in [0.05, 0.1) is 16.8 Å². The number of para-hydroxylation sites is 1. The van der Waals surface area contributed by atoms with Crippen LogP contribution in [0.5, 0.6) is 0 Å². The zero-order chi connectivity index (χ0) is 22.7. The van der Waals surface area contributed by atoms with Crippen LogP contribution in [0.25, 0.3) is 22.2 Å². The third kappa shape index (κ3) is 4.55. The van der Waals surface area contributed by atoms with Gasteiger partial charge in [0, 0.05) is 54.6 Å². The first-order valence-electron chi connectivity index (χ1n) is 10.3. The number of anilines is 1. The van der Waals surface area contributed by atoms with Crippen LogP contribution in [0.3, 0.4) is 0 Å². The third-order valence-corrected chi connectivity index (χ3v) is 5.52. The highest BCUT2D eigenvalue weighted by molar-refractivity contribution is 7.80. The Hall–Kier alpha value is -3.52. The summed E-state index contributed by atoms with van der Waals surface area (Å²) in [6, 6.07) is 13.5. The number of nitrogens with zero attached hydrogens (tertiary/aromatic N) is 4. The molecule has 0 aliphatic heterocycles. The molecule has 0 saturated carbocycles. The van der Waals surface area contributed by atoms with Crippen molar-refractivity contribution in [1.82, 2.24) is 25.3 Å². The molecule has 0 saturated heterocycles. The molecule has 2 N–H and O–H groups in total. The second kappa shape index (κ2) is 9.32. The van der Waals surface area contributed by atoms with E-state index in [1.165, 1.54) is 0 Å². The SMILES string of the molecule is CNC(=O)c1ccnc2c([C@H](C)CNc3cc(-c4ccc(C)nc4)nc(S)n3)cccc12. The van der Waals surface area contributed by atoms with Gasteiger partial charge in [0.25, 0.3) is 5.91 Å². The molecule has 0 radical (unpaired) electrons. The number of aryl methyl sites for hydroxylation is 1. The van der Waals surface area contributed by atoms with E-state index in [0.29, 0.717) is 23.1 Å². The first kappa shape index (κ1) is 21.7. The number of carbonyl (C=O) groups is 1. The minimum Gasteiger partial charge on any atom is -0.369 e. The van der Waals surface area contributed by atoms with E-state index in [2.05, 4.69) is 50.1 Å². The molecule has 8 heteroatoms. The average molecular weight is 445 g/mol. The van der Waals surface area contributed by atoms with E-state index < -0.39 is 0 Å². The lowest BCUT2D eigenvalue weighted by atomic mass is 9.96. The fourth-order valence-corrected chi connectivity index (χ4v) is 3.80. The van der Waals surface area contributed by atoms with Crippen molar-refractivity contribution in [2.45, 2.75) is 24.9 Å². The number of amides is 1. The minimum absolute atomic E-state index is 0.119. The average Bonchev–Trinajstić information content (AvgIpc) is 2.81. The van der Waals surface area contributed by atoms with Gasteiger partial charge in [-0.1, -0.05) is 25.1 Å². The van der Waals surface area contributed by atoms with Gasteiger partial charge in [-0.2, -0.15) is 0 Å². The van der Waals surface area contributed by atoms with Crippen LogP contribution in [0, 0.1) is 6.92 Å². The van der Waals surface area contributed by atoms with Gasteiger partial charge in [-0.3, -0.25) is 14.8 Å². The van der Waals surface area contributed by atoms with Crippen molar-refractivity contribution < 1.29 is 4.79 Å². The zero-order valence-corrected chi connectivity index (χ0v) is 19.0. The lowest BCUT2D eigenvalue weighted by Gasteiger charge is -2.17. The van der Waals surface area contributed by atoms with E-state index in [1.807, 2.05) is 43.3 Å². The van der Waals surface area contributed by atoms with Gasteiger partial charge < -0.3 is 10.6 Å². The number of nitrogens with one attached hydrogen (secondary N) is 2. The fraction of sp³-hybridized carbons (Fsp3) is 0.208. The van der Waals surface area contributed by atoms with Gasteiger partial charge in [0.1, 0.15) is 5.82 Å². The number of hydrogen-bond donors (Lipinski definition) is 3. The molecule has 0 aliphatic rings. The number of benzene rings is 1. The Morgan fingerprint density at radius 3 is 2.72 bits per heavy atom. The van der Waals surface area contributed by atoms with Gasteiger partial charge >= 0.3 is 0 Å². The Morgan fingerprint density at radius 2 is 1.97 bits per heavy atom. The Labute approximate surface area is 192 Å². The summed E-state index contributed by atoms with van der Waals surface area (Å²) >= 11 is 4.37. The van der Waals surface area contributed by atoms with Gasteiger partial charge in [-0.05, 0) is 30.7 Å². The summed E-state index contributed by atoms with van der Waals surface area (Å²) in [6.07, 6.45) is 3.47. The Morgan fingerprint density at radius 1 is 1.12 bits per heavy atom. The smallest absolute Gasteiger partial charge is 0.251 e. The maximum atomic E-state index is 12.2. The monoisotopic (exact) mass is 444 g/mol. The molecule has 4 aromatic rings. The van der Waals surface area contributed by atoms with E-state index in [9.17, 15) is 4.79 Å². The first-order valence-corrected chi connectivity index (χ1v) is 10.8. The van der Waals surface area contributed by atoms with Crippen molar-refractivity contribution in [2.24, 2.45) is 0 Å². The Kier molecular flexibility index (Phi) is 6.32. The van der Waals surface area contributed by atoms with Crippen LogP contribution < -0.4 is 10.6 Å². The highest BCUT2D eigenvalue weighted by Crippen LogP contribution is 2.27. The van der Waals surface area contributed by atoms with Gasteiger partial charge in [-0.15, -0.1) is 12.6 Å². The number of rotatable bonds is 6. The molecule has 0 unspecified atom stereocenters. The van der Waals surface area contributed by atoms with Crippen molar-refractivity contribution in [3.8, 4) is 11.3 Å². The second-order valence-corrected chi connectivity index (χ2v) is 7.99. The molecule has 0 aliphatic carbocycles. The highest BCUT2D eigenvalue weighted by Gasteiger charge is 2.15. The quantitative estimate of drug-likeness (QED) is 0.304. The molecule has 1 aromatic carbocycles. The molecule has 32 heavy (non-hydrogen) atoms. The lowest BCUT2D eigenvalue weighted by Crippen LogP contribution is -2.18.